The second-order valence-corrected chi connectivity index (χ2v) is 7.11. The van der Waals surface area contributed by atoms with Crippen LogP contribution in [0.5, 0.6) is 0 Å². The van der Waals surface area contributed by atoms with E-state index in [1.165, 1.54) is 18.3 Å². The summed E-state index contributed by atoms with van der Waals surface area (Å²) in [6.45, 7) is 6.96. The molecule has 0 spiro atoms. The normalized spacial score (nSPS) is 11.7. The number of benzene rings is 1. The van der Waals surface area contributed by atoms with Crippen LogP contribution in [-0.2, 0) is 9.53 Å². The van der Waals surface area contributed by atoms with Gasteiger partial charge < -0.3 is 10.1 Å². The van der Waals surface area contributed by atoms with Crippen molar-refractivity contribution in [1.82, 2.24) is 10.6 Å². The van der Waals surface area contributed by atoms with Gasteiger partial charge in [-0.2, -0.15) is 0 Å². The third-order valence-corrected chi connectivity index (χ3v) is 4.42. The maximum Gasteiger partial charge on any atom is 0.349 e. The molecule has 0 saturated carbocycles. The van der Waals surface area contributed by atoms with Crippen LogP contribution in [0.2, 0.25) is 0 Å². The zero-order valence-electron chi connectivity index (χ0n) is 15.2. The molecule has 26 heavy (non-hydrogen) atoms. The van der Waals surface area contributed by atoms with E-state index in [4.69, 9.17) is 4.74 Å². The fourth-order valence-electron chi connectivity index (χ4n) is 2.21. The van der Waals surface area contributed by atoms with Crippen molar-refractivity contribution < 1.29 is 19.1 Å². The molecule has 2 N–H and O–H groups in total. The average molecular weight is 374 g/mol. The molecular formula is C19H22N2O4S. The Labute approximate surface area is 156 Å². The van der Waals surface area contributed by atoms with Crippen LogP contribution in [0.4, 0.5) is 4.79 Å². The summed E-state index contributed by atoms with van der Waals surface area (Å²) < 4.78 is 5.23. The Bertz CT molecular complexity index is 796. The highest BCUT2D eigenvalue weighted by Gasteiger charge is 2.23. The largest absolute Gasteiger partial charge is 0.448 e. The molecule has 0 radical (unpaired) electrons. The predicted octanol–water partition coefficient (Wildman–Crippen LogP) is 3.50. The van der Waals surface area contributed by atoms with E-state index in [9.17, 15) is 14.4 Å². The summed E-state index contributed by atoms with van der Waals surface area (Å²) in [5, 5.41) is 6.48. The van der Waals surface area contributed by atoms with Crippen LogP contribution in [0.1, 0.15) is 36.0 Å². The Balaban J connectivity index is 2.04. The Morgan fingerprint density at radius 1 is 1.04 bits per heavy atom. The Morgan fingerprint density at radius 2 is 1.69 bits per heavy atom. The number of hydrogen-bond donors (Lipinski definition) is 2. The number of carbonyl (C=O) groups excluding carboxylic acids is 3. The summed E-state index contributed by atoms with van der Waals surface area (Å²) >= 11 is 1.25. The molecule has 1 aromatic carbocycles. The van der Waals surface area contributed by atoms with Crippen molar-refractivity contribution in [2.45, 2.75) is 39.8 Å². The molecule has 1 aromatic heterocycles. The summed E-state index contributed by atoms with van der Waals surface area (Å²) in [6, 6.07) is 8.90. The summed E-state index contributed by atoms with van der Waals surface area (Å²) in [5.74, 6) is -1.27. The first kappa shape index (κ1) is 19.7. The topological polar surface area (TPSA) is 84.5 Å². The fourth-order valence-corrected chi connectivity index (χ4v) is 3.00. The van der Waals surface area contributed by atoms with Gasteiger partial charge in [0, 0.05) is 11.6 Å². The Kier molecular flexibility index (Phi) is 6.52. The van der Waals surface area contributed by atoms with E-state index in [1.807, 2.05) is 37.3 Å². The quantitative estimate of drug-likeness (QED) is 0.785. The maximum absolute atomic E-state index is 12.5. The number of amides is 3. The van der Waals surface area contributed by atoms with Crippen LogP contribution in [0.25, 0.3) is 11.1 Å². The number of nitrogens with one attached hydrogen (secondary N) is 2. The zero-order chi connectivity index (χ0) is 19.3. The fraction of sp³-hybridized carbons (Fsp3) is 0.316. The summed E-state index contributed by atoms with van der Waals surface area (Å²) in [7, 11) is 0. The lowest BCUT2D eigenvalue weighted by Crippen LogP contribution is -2.46. The van der Waals surface area contributed by atoms with Crippen LogP contribution in [0, 0.1) is 6.92 Å². The highest BCUT2D eigenvalue weighted by Crippen LogP contribution is 2.29. The van der Waals surface area contributed by atoms with E-state index in [0.29, 0.717) is 4.88 Å². The molecule has 1 atom stereocenters. The van der Waals surface area contributed by atoms with Gasteiger partial charge in [0.05, 0.1) is 0 Å². The summed E-state index contributed by atoms with van der Waals surface area (Å²) in [5.41, 5.74) is 2.78. The minimum absolute atomic E-state index is 0.108. The minimum Gasteiger partial charge on any atom is -0.448 e. The van der Waals surface area contributed by atoms with E-state index >= 15 is 0 Å². The van der Waals surface area contributed by atoms with Gasteiger partial charge in [0.15, 0.2) is 6.10 Å². The highest BCUT2D eigenvalue weighted by molar-refractivity contribution is 7.12. The summed E-state index contributed by atoms with van der Waals surface area (Å²) in [6.07, 6.45) is -1.09. The van der Waals surface area contributed by atoms with Crippen molar-refractivity contribution in [3.63, 3.8) is 0 Å². The molecule has 0 bridgehead atoms. The first-order chi connectivity index (χ1) is 12.3. The van der Waals surface area contributed by atoms with E-state index in [-0.39, 0.29) is 6.04 Å². The predicted molar refractivity (Wildman–Crippen MR) is 101 cm³/mol. The molecule has 7 heteroatoms. The first-order valence-corrected chi connectivity index (χ1v) is 9.12. The van der Waals surface area contributed by atoms with E-state index < -0.39 is 24.0 Å². The monoisotopic (exact) mass is 374 g/mol. The Hall–Kier alpha value is -2.67. The molecule has 0 aliphatic carbocycles. The van der Waals surface area contributed by atoms with Gasteiger partial charge in [-0.05, 0) is 44.7 Å². The molecular weight excluding hydrogens is 352 g/mol. The zero-order valence-corrected chi connectivity index (χ0v) is 16.0. The van der Waals surface area contributed by atoms with Crippen LogP contribution in [0.15, 0.2) is 35.7 Å². The molecule has 0 aliphatic heterocycles. The standard InChI is InChI=1S/C19H22N2O4S/c1-11(2)20-19(24)21-17(22)13(4)25-18(23)16-15(9-10-26-16)14-7-5-12(3)6-8-14/h5-11,13H,1-4H3,(H2,20,21,22,24)/t13-/m1/s1. The molecule has 2 rings (SSSR count). The lowest BCUT2D eigenvalue weighted by Gasteiger charge is -2.14. The van der Waals surface area contributed by atoms with Gasteiger partial charge in [0.2, 0.25) is 0 Å². The number of rotatable bonds is 5. The van der Waals surface area contributed by atoms with Gasteiger partial charge >= 0.3 is 12.0 Å². The van der Waals surface area contributed by atoms with Crippen LogP contribution < -0.4 is 10.6 Å². The number of ether oxygens (including phenoxy) is 1. The number of carbonyl (C=O) groups is 3. The molecule has 3 amide bonds. The van der Waals surface area contributed by atoms with Crippen molar-refractivity contribution in [1.29, 1.82) is 0 Å². The number of aryl methyl sites for hydroxylation is 1. The van der Waals surface area contributed by atoms with Crippen LogP contribution in [0.3, 0.4) is 0 Å². The number of esters is 1. The number of urea groups is 1. The molecule has 1 heterocycles. The van der Waals surface area contributed by atoms with Gasteiger partial charge in [-0.25, -0.2) is 9.59 Å². The Morgan fingerprint density at radius 3 is 2.31 bits per heavy atom. The first-order valence-electron chi connectivity index (χ1n) is 8.24. The lowest BCUT2D eigenvalue weighted by atomic mass is 10.1. The highest BCUT2D eigenvalue weighted by atomic mass is 32.1. The van der Waals surface area contributed by atoms with Crippen molar-refractivity contribution in [2.24, 2.45) is 0 Å². The van der Waals surface area contributed by atoms with Crippen molar-refractivity contribution >= 4 is 29.2 Å². The van der Waals surface area contributed by atoms with Gasteiger partial charge in [0.25, 0.3) is 5.91 Å². The lowest BCUT2D eigenvalue weighted by molar-refractivity contribution is -0.127. The third kappa shape index (κ3) is 5.16. The molecule has 0 saturated heterocycles. The number of imide groups is 1. The second-order valence-electron chi connectivity index (χ2n) is 6.19. The molecule has 2 aromatic rings. The van der Waals surface area contributed by atoms with Crippen LogP contribution in [-0.4, -0.2) is 30.1 Å². The molecule has 0 unspecified atom stereocenters. The SMILES string of the molecule is Cc1ccc(-c2ccsc2C(=O)O[C@H](C)C(=O)NC(=O)NC(C)C)cc1. The third-order valence-electron chi connectivity index (χ3n) is 3.52. The van der Waals surface area contributed by atoms with Gasteiger partial charge in [-0.15, -0.1) is 11.3 Å². The molecule has 0 fully saturated rings. The maximum atomic E-state index is 12.5. The average Bonchev–Trinajstić information content (AvgIpc) is 3.04. The smallest absolute Gasteiger partial charge is 0.349 e. The van der Waals surface area contributed by atoms with Crippen molar-refractivity contribution in [2.75, 3.05) is 0 Å². The number of hydrogen-bond acceptors (Lipinski definition) is 5. The van der Waals surface area contributed by atoms with Crippen molar-refractivity contribution in [3.05, 3.63) is 46.2 Å². The molecule has 0 aliphatic rings. The van der Waals surface area contributed by atoms with E-state index in [1.54, 1.807) is 19.2 Å². The minimum atomic E-state index is -1.09. The van der Waals surface area contributed by atoms with Crippen molar-refractivity contribution in [3.8, 4) is 11.1 Å². The van der Waals surface area contributed by atoms with E-state index in [2.05, 4.69) is 10.6 Å². The summed E-state index contributed by atoms with van der Waals surface area (Å²) in [4.78, 5) is 36.4. The van der Waals surface area contributed by atoms with Gasteiger partial charge in [0.1, 0.15) is 4.88 Å². The van der Waals surface area contributed by atoms with Gasteiger partial charge in [-0.3, -0.25) is 10.1 Å². The van der Waals surface area contributed by atoms with Gasteiger partial charge in [-0.1, -0.05) is 29.8 Å². The van der Waals surface area contributed by atoms with Crippen LogP contribution >= 0.6 is 11.3 Å². The molecule has 138 valence electrons. The number of thiophene rings is 1. The second kappa shape index (κ2) is 8.62. The molecule has 6 nitrogen and oxygen atoms in total. The van der Waals surface area contributed by atoms with E-state index in [0.717, 1.165) is 16.7 Å².